The van der Waals surface area contributed by atoms with Crippen LogP contribution in [0.15, 0.2) is 136 Å². The van der Waals surface area contributed by atoms with Crippen LogP contribution in [-0.2, 0) is 19.6 Å². The molecule has 0 aliphatic rings. The van der Waals surface area contributed by atoms with Crippen LogP contribution < -0.4 is 0 Å². The minimum absolute atomic E-state index is 0.0535. The Bertz CT molecular complexity index is 1530. The van der Waals surface area contributed by atoms with Crippen LogP contribution in [0.5, 0.6) is 0 Å². The van der Waals surface area contributed by atoms with Crippen molar-refractivity contribution < 1.29 is 13.3 Å². The molecule has 0 heterocycles. The molecule has 0 amide bonds. The van der Waals surface area contributed by atoms with Crippen LogP contribution in [0.1, 0.15) is 5.56 Å². The van der Waals surface area contributed by atoms with Gasteiger partial charge >= 0.3 is 0 Å². The molecule has 0 radical (unpaired) electrons. The number of nitro benzene ring substituents is 1. The largest absolute Gasteiger partial charge is 0.289 e. The van der Waals surface area contributed by atoms with E-state index >= 15 is 0 Å². The van der Waals surface area contributed by atoms with E-state index < -0.39 is 24.6 Å². The Balaban J connectivity index is 2.06. The zero-order valence-electron chi connectivity index (χ0n) is 18.6. The van der Waals surface area contributed by atoms with Crippen molar-refractivity contribution in [3.63, 3.8) is 0 Å². The van der Waals surface area contributed by atoms with Crippen molar-refractivity contribution in [3.8, 4) is 0 Å². The summed E-state index contributed by atoms with van der Waals surface area (Å²) in [6.45, 7) is 1.87. The Hall–Kier alpha value is -3.47. The predicted molar refractivity (Wildman–Crippen MR) is 139 cm³/mol. The van der Waals surface area contributed by atoms with Crippen LogP contribution in [0.25, 0.3) is 0 Å². The van der Waals surface area contributed by atoms with Gasteiger partial charge in [0.1, 0.15) is 4.90 Å². The molecule has 0 saturated heterocycles. The number of benzene rings is 4. The Kier molecular flexibility index (Phi) is 7.34. The summed E-state index contributed by atoms with van der Waals surface area (Å²) < 4.78 is 36.4. The number of hydrogen-bond acceptors (Lipinski definition) is 6. The fourth-order valence-electron chi connectivity index (χ4n) is 3.22. The zero-order chi connectivity index (χ0) is 24.9. The summed E-state index contributed by atoms with van der Waals surface area (Å²) in [6.07, 6.45) is 0. The van der Waals surface area contributed by atoms with Crippen LogP contribution in [-0.4, -0.2) is 13.3 Å². The van der Waals surface area contributed by atoms with Crippen molar-refractivity contribution >= 4 is 37.3 Å². The van der Waals surface area contributed by atoms with E-state index in [9.17, 15) is 18.5 Å². The van der Waals surface area contributed by atoms with Crippen molar-refractivity contribution in [2.45, 2.75) is 26.5 Å². The van der Waals surface area contributed by atoms with E-state index in [1.54, 1.807) is 78.9 Å². The third-order valence-corrected chi connectivity index (χ3v) is 11.1. The normalized spacial score (nSPS) is 11.6. The van der Waals surface area contributed by atoms with Crippen LogP contribution in [0, 0.1) is 17.0 Å². The van der Waals surface area contributed by atoms with Gasteiger partial charge in [0.2, 0.25) is 0 Å². The molecule has 0 aromatic heterocycles. The maximum Gasteiger partial charge on any atom is 0.289 e. The lowest BCUT2D eigenvalue weighted by Crippen LogP contribution is -2.07. The third-order valence-electron chi connectivity index (χ3n) is 4.97. The van der Waals surface area contributed by atoms with Gasteiger partial charge in [-0.1, -0.05) is 66.2 Å². The summed E-state index contributed by atoms with van der Waals surface area (Å²) in [5, 5.41) is 11.6. The second-order valence-corrected chi connectivity index (χ2v) is 12.7. The van der Waals surface area contributed by atoms with Crippen molar-refractivity contribution in [2.24, 2.45) is 7.54 Å². The average molecular weight is 524 g/mol. The summed E-state index contributed by atoms with van der Waals surface area (Å²) in [6, 6.07) is 30.6. The summed E-state index contributed by atoms with van der Waals surface area (Å²) in [7, 11) is -7.05. The number of hydrogen-bond donors (Lipinski definition) is 0. The van der Waals surface area contributed by atoms with Crippen LogP contribution in [0.4, 0.5) is 5.69 Å². The lowest BCUT2D eigenvalue weighted by Gasteiger charge is -2.17. The maximum absolute atomic E-state index is 13.6. The van der Waals surface area contributed by atoms with Crippen LogP contribution in [0.2, 0.25) is 0 Å². The molecular weight excluding hydrogens is 502 g/mol. The number of sulfonamides is 1. The number of nitro groups is 1. The SMILES string of the molecule is Cc1ccc(S(=O)(=O)N=S(=NSc2ccccc2[N+](=O)[O-])(c2ccccc2)c2ccccc2)cc1. The van der Waals surface area contributed by atoms with Crippen molar-refractivity contribution in [3.05, 3.63) is 125 Å². The molecule has 0 bridgehead atoms. The first kappa shape index (κ1) is 24.6. The molecule has 0 spiro atoms. The highest BCUT2D eigenvalue weighted by Gasteiger charge is 2.23. The fraction of sp³-hybridized carbons (Fsp3) is 0.0400. The van der Waals surface area contributed by atoms with Crippen LogP contribution >= 0.6 is 11.9 Å². The van der Waals surface area contributed by atoms with E-state index in [0.717, 1.165) is 17.5 Å². The van der Waals surface area contributed by atoms with Gasteiger partial charge in [-0.2, -0.15) is 12.2 Å². The first-order valence-electron chi connectivity index (χ1n) is 10.4. The smallest absolute Gasteiger partial charge is 0.258 e. The van der Waals surface area contributed by atoms with E-state index in [1.807, 2.05) is 19.1 Å². The van der Waals surface area contributed by atoms with E-state index in [1.165, 1.54) is 18.2 Å². The number of aryl methyl sites for hydroxylation is 1. The summed E-state index contributed by atoms with van der Waals surface area (Å²) >= 11 is 0.873. The monoisotopic (exact) mass is 523 g/mol. The molecule has 4 rings (SSSR count). The van der Waals surface area contributed by atoms with Crippen LogP contribution in [0.3, 0.4) is 0 Å². The van der Waals surface area contributed by atoms with Gasteiger partial charge in [0, 0.05) is 37.4 Å². The average Bonchev–Trinajstić information content (AvgIpc) is 2.88. The van der Waals surface area contributed by atoms with Gasteiger partial charge < -0.3 is 0 Å². The number of para-hydroxylation sites is 1. The van der Waals surface area contributed by atoms with E-state index in [4.69, 9.17) is 3.77 Å². The van der Waals surface area contributed by atoms with Gasteiger partial charge in [0.25, 0.3) is 15.7 Å². The topological polar surface area (TPSA) is 102 Å². The van der Waals surface area contributed by atoms with Gasteiger partial charge in [0.15, 0.2) is 0 Å². The quantitative estimate of drug-likeness (QED) is 0.148. The molecule has 0 aliphatic carbocycles. The van der Waals surface area contributed by atoms with Gasteiger partial charge in [-0.3, -0.25) is 10.1 Å². The molecule has 0 atom stereocenters. The Morgan fingerprint density at radius 1 is 0.714 bits per heavy atom. The Morgan fingerprint density at radius 2 is 1.23 bits per heavy atom. The summed E-state index contributed by atoms with van der Waals surface area (Å²) in [5.74, 6) is 0. The first-order chi connectivity index (χ1) is 16.8. The highest BCUT2D eigenvalue weighted by molar-refractivity contribution is 8.11. The van der Waals surface area contributed by atoms with Crippen molar-refractivity contribution in [1.29, 1.82) is 0 Å². The second kappa shape index (κ2) is 10.4. The molecule has 0 saturated carbocycles. The second-order valence-electron chi connectivity index (χ2n) is 7.43. The van der Waals surface area contributed by atoms with Crippen molar-refractivity contribution in [1.82, 2.24) is 0 Å². The molecule has 10 heteroatoms. The fourth-order valence-corrected chi connectivity index (χ4v) is 9.38. The van der Waals surface area contributed by atoms with Gasteiger partial charge in [-0.15, -0.1) is 3.77 Å². The first-order valence-corrected chi connectivity index (χ1v) is 14.2. The summed E-state index contributed by atoms with van der Waals surface area (Å²) in [4.78, 5) is 12.6. The van der Waals surface area contributed by atoms with Crippen molar-refractivity contribution in [2.75, 3.05) is 0 Å². The van der Waals surface area contributed by atoms with E-state index in [-0.39, 0.29) is 10.6 Å². The number of nitrogens with zero attached hydrogens (tertiary/aromatic N) is 3. The molecule has 0 aliphatic heterocycles. The maximum atomic E-state index is 13.6. The third kappa shape index (κ3) is 5.45. The number of rotatable bonds is 7. The molecule has 7 nitrogen and oxygen atoms in total. The Morgan fingerprint density at radius 3 is 1.77 bits per heavy atom. The highest BCUT2D eigenvalue weighted by atomic mass is 32.3. The summed E-state index contributed by atoms with van der Waals surface area (Å²) in [5.41, 5.74) is 0.808. The highest BCUT2D eigenvalue weighted by Crippen LogP contribution is 2.36. The molecule has 0 N–H and O–H groups in total. The molecular formula is C25H21N3O4S3. The molecule has 0 fully saturated rings. The predicted octanol–water partition coefficient (Wildman–Crippen LogP) is 6.94. The standard InChI is InChI=1S/C25H21N3O4S3/c1-20-16-18-23(19-17-20)35(31,32)27-34(21-10-4-2-5-11-21,22-12-6-3-7-13-22)26-33-25-15-9-8-14-24(25)28(29)30/h2-19H,1H3. The molecule has 4 aromatic carbocycles. The zero-order valence-corrected chi connectivity index (χ0v) is 21.0. The Labute approximate surface area is 209 Å². The minimum Gasteiger partial charge on any atom is -0.258 e. The lowest BCUT2D eigenvalue weighted by atomic mass is 10.2. The van der Waals surface area contributed by atoms with E-state index in [2.05, 4.69) is 3.77 Å². The molecule has 0 unspecified atom stereocenters. The van der Waals surface area contributed by atoms with Gasteiger partial charge in [0.05, 0.1) is 9.82 Å². The van der Waals surface area contributed by atoms with Gasteiger partial charge in [-0.05, 0) is 49.4 Å². The van der Waals surface area contributed by atoms with E-state index in [0.29, 0.717) is 14.7 Å². The molecule has 178 valence electrons. The molecule has 35 heavy (non-hydrogen) atoms. The minimum atomic E-state index is -4.14. The molecule has 4 aromatic rings. The lowest BCUT2D eigenvalue weighted by molar-refractivity contribution is -0.387. The van der Waals surface area contributed by atoms with Gasteiger partial charge in [-0.25, -0.2) is 0 Å².